The Bertz CT molecular complexity index is 623. The van der Waals surface area contributed by atoms with Crippen molar-refractivity contribution >= 4 is 29.5 Å². The molecule has 0 bridgehead atoms. The van der Waals surface area contributed by atoms with Crippen LogP contribution in [0.25, 0.3) is 11.3 Å². The fourth-order valence-electron chi connectivity index (χ4n) is 1.59. The summed E-state index contributed by atoms with van der Waals surface area (Å²) in [6.45, 7) is 0. The Morgan fingerprint density at radius 1 is 1.24 bits per heavy atom. The molecule has 0 aliphatic rings. The zero-order valence-electron chi connectivity index (χ0n) is 8.83. The van der Waals surface area contributed by atoms with Crippen LogP contribution >= 0.6 is 23.2 Å². The zero-order valence-corrected chi connectivity index (χ0v) is 10.3. The van der Waals surface area contributed by atoms with Gasteiger partial charge in [-0.25, -0.2) is 0 Å². The molecule has 0 saturated heterocycles. The van der Waals surface area contributed by atoms with Crippen molar-refractivity contribution in [3.63, 3.8) is 0 Å². The summed E-state index contributed by atoms with van der Waals surface area (Å²) in [5.41, 5.74) is 0.691. The molecule has 1 heterocycles. The number of rotatable bonds is 2. The molecule has 1 N–H and O–H groups in total. The second-order valence-electron chi connectivity index (χ2n) is 3.54. The molecule has 0 atom stereocenters. The first-order chi connectivity index (χ1) is 8.02. The number of nitrogens with one attached hydrogen (secondary N) is 1. The summed E-state index contributed by atoms with van der Waals surface area (Å²) >= 11 is 11.7. The van der Waals surface area contributed by atoms with Crippen LogP contribution in [0.1, 0.15) is 10.4 Å². The van der Waals surface area contributed by atoms with Crippen LogP contribution in [0.5, 0.6) is 0 Å². The van der Waals surface area contributed by atoms with Crippen LogP contribution in [0.2, 0.25) is 10.0 Å². The molecule has 88 valence electrons. The van der Waals surface area contributed by atoms with Gasteiger partial charge in [-0.05, 0) is 18.2 Å². The molecule has 0 aliphatic heterocycles. The van der Waals surface area contributed by atoms with E-state index in [0.29, 0.717) is 27.6 Å². The summed E-state index contributed by atoms with van der Waals surface area (Å²) in [5, 5.41) is 3.67. The lowest BCUT2D eigenvalue weighted by molar-refractivity contribution is 0.112. The molecule has 6 heteroatoms. The molecule has 2 rings (SSSR count). The fraction of sp³-hybridized carbons (Fsp3) is 0.0909. The van der Waals surface area contributed by atoms with Gasteiger partial charge in [0.25, 0.3) is 5.56 Å². The SMILES string of the molecule is Cn1[nH]c(-c2cc(Cl)cc(Cl)c2)c(C=O)c1=O. The van der Waals surface area contributed by atoms with E-state index in [2.05, 4.69) is 5.10 Å². The van der Waals surface area contributed by atoms with Crippen LogP contribution in [0.4, 0.5) is 0 Å². The predicted molar refractivity (Wildman–Crippen MR) is 66.9 cm³/mol. The van der Waals surface area contributed by atoms with Crippen molar-refractivity contribution < 1.29 is 4.79 Å². The third kappa shape index (κ3) is 2.14. The van der Waals surface area contributed by atoms with Crippen LogP contribution in [0.15, 0.2) is 23.0 Å². The monoisotopic (exact) mass is 270 g/mol. The molecule has 17 heavy (non-hydrogen) atoms. The van der Waals surface area contributed by atoms with E-state index in [4.69, 9.17) is 23.2 Å². The molecule has 2 aromatic rings. The number of carbonyl (C=O) groups is 1. The number of nitrogens with zero attached hydrogens (tertiary/aromatic N) is 1. The Balaban J connectivity index is 2.72. The van der Waals surface area contributed by atoms with E-state index in [9.17, 15) is 9.59 Å². The minimum Gasteiger partial charge on any atom is -0.298 e. The largest absolute Gasteiger partial charge is 0.298 e. The van der Waals surface area contributed by atoms with Gasteiger partial charge in [-0.2, -0.15) is 0 Å². The van der Waals surface area contributed by atoms with Crippen LogP contribution in [0.3, 0.4) is 0 Å². The lowest BCUT2D eigenvalue weighted by atomic mass is 10.1. The Kier molecular flexibility index (Phi) is 3.09. The molecule has 4 nitrogen and oxygen atoms in total. The number of aromatic amines is 1. The van der Waals surface area contributed by atoms with Crippen LogP contribution in [0, 0.1) is 0 Å². The zero-order chi connectivity index (χ0) is 12.6. The number of aryl methyl sites for hydroxylation is 1. The quantitative estimate of drug-likeness (QED) is 0.853. The van der Waals surface area contributed by atoms with Crippen molar-refractivity contribution in [1.82, 2.24) is 9.78 Å². The highest BCUT2D eigenvalue weighted by atomic mass is 35.5. The van der Waals surface area contributed by atoms with E-state index in [-0.39, 0.29) is 11.1 Å². The minimum absolute atomic E-state index is 0.0610. The van der Waals surface area contributed by atoms with E-state index in [1.54, 1.807) is 18.2 Å². The molecule has 0 unspecified atom stereocenters. The van der Waals surface area contributed by atoms with E-state index < -0.39 is 0 Å². The summed E-state index contributed by atoms with van der Waals surface area (Å²) in [4.78, 5) is 22.5. The van der Waals surface area contributed by atoms with Crippen molar-refractivity contribution in [2.45, 2.75) is 0 Å². The molecule has 0 spiro atoms. The molecule has 0 aliphatic carbocycles. The summed E-state index contributed by atoms with van der Waals surface area (Å²) in [5.74, 6) is 0. The molecule has 0 amide bonds. The van der Waals surface area contributed by atoms with Crippen LogP contribution in [-0.4, -0.2) is 16.1 Å². The first-order valence-electron chi connectivity index (χ1n) is 4.73. The molecule has 1 aromatic carbocycles. The highest BCUT2D eigenvalue weighted by Crippen LogP contribution is 2.26. The number of halogens is 2. The number of carbonyl (C=O) groups excluding carboxylic acids is 1. The maximum absolute atomic E-state index is 11.6. The van der Waals surface area contributed by atoms with Crippen molar-refractivity contribution in [3.05, 3.63) is 44.2 Å². The molecule has 0 saturated carbocycles. The van der Waals surface area contributed by atoms with Gasteiger partial charge < -0.3 is 0 Å². The van der Waals surface area contributed by atoms with E-state index in [1.165, 1.54) is 11.7 Å². The van der Waals surface area contributed by atoms with E-state index >= 15 is 0 Å². The molecule has 0 fully saturated rings. The maximum Gasteiger partial charge on any atom is 0.277 e. The highest BCUT2D eigenvalue weighted by Gasteiger charge is 2.14. The van der Waals surface area contributed by atoms with E-state index in [0.717, 1.165) is 0 Å². The standard InChI is InChI=1S/C11H8Cl2N2O2/c1-15-11(17)9(5-16)10(14-15)6-2-7(12)4-8(13)3-6/h2-5,14H,1H3. The average molecular weight is 271 g/mol. The predicted octanol–water partition coefficient (Wildman–Crippen LogP) is 2.50. The second kappa shape index (κ2) is 4.39. The smallest absolute Gasteiger partial charge is 0.277 e. The molecule has 0 radical (unpaired) electrons. The Labute approximate surface area is 107 Å². The second-order valence-corrected chi connectivity index (χ2v) is 4.41. The Morgan fingerprint density at radius 2 is 1.82 bits per heavy atom. The summed E-state index contributed by atoms with van der Waals surface area (Å²) in [6.07, 6.45) is 0.517. The van der Waals surface area contributed by atoms with Crippen LogP contribution < -0.4 is 5.56 Å². The lowest BCUT2D eigenvalue weighted by Crippen LogP contribution is -2.14. The van der Waals surface area contributed by atoms with Gasteiger partial charge in [-0.1, -0.05) is 23.2 Å². The third-order valence-corrected chi connectivity index (χ3v) is 2.79. The van der Waals surface area contributed by atoms with Gasteiger partial charge in [0.1, 0.15) is 5.56 Å². The number of aromatic nitrogens is 2. The van der Waals surface area contributed by atoms with Crippen molar-refractivity contribution in [3.8, 4) is 11.3 Å². The summed E-state index contributed by atoms with van der Waals surface area (Å²) in [7, 11) is 1.53. The molecular weight excluding hydrogens is 263 g/mol. The maximum atomic E-state index is 11.6. The van der Waals surface area contributed by atoms with Gasteiger partial charge in [0.2, 0.25) is 0 Å². The van der Waals surface area contributed by atoms with Gasteiger partial charge >= 0.3 is 0 Å². The number of hydrogen-bond donors (Lipinski definition) is 1. The summed E-state index contributed by atoms with van der Waals surface area (Å²) in [6, 6.07) is 4.84. The molecule has 1 aromatic heterocycles. The van der Waals surface area contributed by atoms with Gasteiger partial charge in [0, 0.05) is 22.7 Å². The van der Waals surface area contributed by atoms with Crippen molar-refractivity contribution in [2.75, 3.05) is 0 Å². The minimum atomic E-state index is -0.383. The number of H-pyrrole nitrogens is 1. The Morgan fingerprint density at radius 3 is 2.35 bits per heavy atom. The lowest BCUT2D eigenvalue weighted by Gasteiger charge is -2.01. The fourth-order valence-corrected chi connectivity index (χ4v) is 2.12. The molecular formula is C11H8Cl2N2O2. The topological polar surface area (TPSA) is 54.9 Å². The van der Waals surface area contributed by atoms with Gasteiger partial charge in [0.05, 0.1) is 5.69 Å². The normalized spacial score (nSPS) is 10.5. The first-order valence-corrected chi connectivity index (χ1v) is 5.49. The third-order valence-electron chi connectivity index (χ3n) is 2.35. The van der Waals surface area contributed by atoms with Crippen LogP contribution in [-0.2, 0) is 7.05 Å². The van der Waals surface area contributed by atoms with Crippen molar-refractivity contribution in [2.24, 2.45) is 7.05 Å². The Hall–Kier alpha value is -1.52. The summed E-state index contributed by atoms with van der Waals surface area (Å²) < 4.78 is 1.23. The highest BCUT2D eigenvalue weighted by molar-refractivity contribution is 6.35. The average Bonchev–Trinajstić information content (AvgIpc) is 2.54. The van der Waals surface area contributed by atoms with Gasteiger partial charge in [0.15, 0.2) is 6.29 Å². The number of hydrogen-bond acceptors (Lipinski definition) is 2. The van der Waals surface area contributed by atoms with Crippen molar-refractivity contribution in [1.29, 1.82) is 0 Å². The first kappa shape index (κ1) is 12.0. The van der Waals surface area contributed by atoms with Gasteiger partial charge in [-0.3, -0.25) is 19.4 Å². The van der Waals surface area contributed by atoms with E-state index in [1.807, 2.05) is 0 Å². The van der Waals surface area contributed by atoms with Gasteiger partial charge in [-0.15, -0.1) is 0 Å². The number of benzene rings is 1. The number of aldehydes is 1.